The van der Waals surface area contributed by atoms with Gasteiger partial charge < -0.3 is 52.5 Å². The smallest absolute Gasteiger partial charge is 0.317 e. The summed E-state index contributed by atoms with van der Waals surface area (Å²) in [5.41, 5.74) is 0. The van der Waals surface area contributed by atoms with Crippen LogP contribution >= 0.6 is 15.9 Å². The fourth-order valence-electron chi connectivity index (χ4n) is 4.40. The van der Waals surface area contributed by atoms with Crippen molar-refractivity contribution in [2.75, 3.05) is 18.5 Å². The molecule has 2 aliphatic rings. The van der Waals surface area contributed by atoms with E-state index in [0.717, 1.165) is 41.5 Å². The molecule has 0 aromatic heterocycles. The van der Waals surface area contributed by atoms with Gasteiger partial charge in [0.05, 0.1) is 0 Å². The Morgan fingerprint density at radius 3 is 1.47 bits per heavy atom. The Labute approximate surface area is 265 Å². The lowest BCUT2D eigenvalue weighted by Gasteiger charge is -2.48. The molecule has 0 radical (unpaired) electrons. The van der Waals surface area contributed by atoms with Crippen molar-refractivity contribution in [3.8, 4) is 0 Å². The van der Waals surface area contributed by atoms with E-state index in [1.807, 2.05) is 0 Å². The first-order valence-corrected chi connectivity index (χ1v) is 14.5. The van der Waals surface area contributed by atoms with Crippen LogP contribution in [-0.4, -0.2) is 127 Å². The number of halogens is 1. The van der Waals surface area contributed by atoms with Gasteiger partial charge in [-0.1, -0.05) is 15.9 Å². The van der Waals surface area contributed by atoms with Crippen LogP contribution in [0.1, 0.15) is 41.5 Å². The van der Waals surface area contributed by atoms with E-state index in [4.69, 9.17) is 47.4 Å². The fourth-order valence-corrected chi connectivity index (χ4v) is 4.54. The molecule has 19 heteroatoms. The van der Waals surface area contributed by atoms with Gasteiger partial charge in [-0.15, -0.1) is 0 Å². The minimum atomic E-state index is -1.80. The Bertz CT molecular complexity index is 1110. The van der Waals surface area contributed by atoms with Gasteiger partial charge in [-0.3, -0.25) is 33.6 Å². The standard InChI is InChI=1S/C26H35BrO18/c1-10(28)36-8-16-19(35)21(44-18(34)7-27)23(39-13(4)31)26(42-16)45-20-17(9-37-11(2)29)43-25(41-15(6)33)24(40-14(5)32)22(20)38-12(3)30/h16-17,19-26,35H,7-9H2,1-6H3/t16-,17-,19-,20-,21+,22+,23-,24-,25-,26-/m1/s1. The summed E-state index contributed by atoms with van der Waals surface area (Å²) in [5, 5.41) is 10.7. The maximum atomic E-state index is 12.3. The summed E-state index contributed by atoms with van der Waals surface area (Å²) < 4.78 is 54.3. The molecule has 18 nitrogen and oxygen atoms in total. The van der Waals surface area contributed by atoms with Crippen molar-refractivity contribution >= 4 is 57.7 Å². The highest BCUT2D eigenvalue weighted by Gasteiger charge is 2.57. The summed E-state index contributed by atoms with van der Waals surface area (Å²) in [7, 11) is 0. The number of carbonyl (C=O) groups excluding carboxylic acids is 7. The molecule has 0 unspecified atom stereocenters. The van der Waals surface area contributed by atoms with Crippen LogP contribution in [0.2, 0.25) is 0 Å². The fraction of sp³-hybridized carbons (Fsp3) is 0.731. The lowest BCUT2D eigenvalue weighted by Crippen LogP contribution is -2.67. The molecule has 2 heterocycles. The van der Waals surface area contributed by atoms with Gasteiger partial charge in [0, 0.05) is 41.5 Å². The van der Waals surface area contributed by atoms with Crippen molar-refractivity contribution in [1.29, 1.82) is 0 Å². The van der Waals surface area contributed by atoms with Crippen molar-refractivity contribution < 1.29 is 86.0 Å². The average Bonchev–Trinajstić information content (AvgIpc) is 2.91. The molecule has 0 bridgehead atoms. The highest BCUT2D eigenvalue weighted by atomic mass is 79.9. The molecule has 0 aromatic carbocycles. The molecular weight excluding hydrogens is 680 g/mol. The number of aliphatic hydroxyl groups is 1. The zero-order chi connectivity index (χ0) is 34.0. The summed E-state index contributed by atoms with van der Waals surface area (Å²) in [5.74, 6) is -6.06. The SMILES string of the molecule is CC(=O)OC[C@H]1O[C@H](O[C@H]2[C@H](OC(C)=O)[C@@H](OC(C)=O)[C@H](OC(C)=O)O[C@@H]2COC(C)=O)[C@H](OC(C)=O)[C@@H](OC(=O)CBr)[C@@H]1O. The maximum Gasteiger partial charge on any atom is 0.317 e. The lowest BCUT2D eigenvalue weighted by molar-refractivity contribution is -0.357. The third kappa shape index (κ3) is 11.5. The summed E-state index contributed by atoms with van der Waals surface area (Å²) in [4.78, 5) is 83.8. The van der Waals surface area contributed by atoms with Crippen LogP contribution in [0.3, 0.4) is 0 Å². The molecule has 0 aliphatic carbocycles. The van der Waals surface area contributed by atoms with Gasteiger partial charge in [0.2, 0.25) is 12.4 Å². The average molecular weight is 715 g/mol. The number of rotatable bonds is 12. The first-order valence-electron chi connectivity index (χ1n) is 13.4. The van der Waals surface area contributed by atoms with E-state index in [1.54, 1.807) is 0 Å². The van der Waals surface area contributed by atoms with Crippen LogP contribution < -0.4 is 0 Å². The molecule has 10 atom stereocenters. The van der Waals surface area contributed by atoms with E-state index in [1.165, 1.54) is 0 Å². The molecule has 0 spiro atoms. The third-order valence-corrected chi connectivity index (χ3v) is 6.43. The second-order valence-corrected chi connectivity index (χ2v) is 10.3. The van der Waals surface area contributed by atoms with E-state index in [9.17, 15) is 38.7 Å². The van der Waals surface area contributed by atoms with Gasteiger partial charge in [-0.25, -0.2) is 0 Å². The van der Waals surface area contributed by atoms with Crippen LogP contribution in [0.4, 0.5) is 0 Å². The molecule has 2 saturated heterocycles. The van der Waals surface area contributed by atoms with Crippen LogP contribution in [0, 0.1) is 0 Å². The summed E-state index contributed by atoms with van der Waals surface area (Å²) in [6.45, 7) is 5.05. The molecule has 0 amide bonds. The van der Waals surface area contributed by atoms with E-state index in [2.05, 4.69) is 15.9 Å². The first kappa shape index (κ1) is 37.8. The number of hydrogen-bond acceptors (Lipinski definition) is 18. The molecule has 254 valence electrons. The predicted octanol–water partition coefficient (Wildman–Crippen LogP) is -1.03. The van der Waals surface area contributed by atoms with Gasteiger partial charge in [0.15, 0.2) is 24.6 Å². The molecule has 2 fully saturated rings. The summed E-state index contributed by atoms with van der Waals surface area (Å²) >= 11 is 2.93. The van der Waals surface area contributed by atoms with E-state index in [-0.39, 0.29) is 5.33 Å². The number of aliphatic hydroxyl groups excluding tert-OH is 1. The third-order valence-electron chi connectivity index (χ3n) is 5.97. The van der Waals surface area contributed by atoms with E-state index < -0.39 is 116 Å². The van der Waals surface area contributed by atoms with Crippen molar-refractivity contribution in [1.82, 2.24) is 0 Å². The molecule has 45 heavy (non-hydrogen) atoms. The minimum absolute atomic E-state index is 0.332. The van der Waals surface area contributed by atoms with Gasteiger partial charge in [0.1, 0.15) is 43.0 Å². The van der Waals surface area contributed by atoms with Crippen molar-refractivity contribution in [3.05, 3.63) is 0 Å². The highest BCUT2D eigenvalue weighted by molar-refractivity contribution is 9.09. The monoisotopic (exact) mass is 714 g/mol. The Hall–Kier alpha value is -3.39. The molecule has 0 aromatic rings. The van der Waals surface area contributed by atoms with E-state index >= 15 is 0 Å². The predicted molar refractivity (Wildman–Crippen MR) is 144 cm³/mol. The zero-order valence-electron chi connectivity index (χ0n) is 25.2. The van der Waals surface area contributed by atoms with Gasteiger partial charge >= 0.3 is 41.8 Å². The zero-order valence-corrected chi connectivity index (χ0v) is 26.7. The number of esters is 7. The summed E-state index contributed by atoms with van der Waals surface area (Å²) in [6.07, 6.45) is -16.4. The quantitative estimate of drug-likeness (QED) is 0.145. The Kier molecular flexibility index (Phi) is 14.6. The van der Waals surface area contributed by atoms with Crippen molar-refractivity contribution in [3.63, 3.8) is 0 Å². The molecule has 0 saturated carbocycles. The van der Waals surface area contributed by atoms with Gasteiger partial charge in [0.25, 0.3) is 0 Å². The number of hydrogen-bond donors (Lipinski definition) is 1. The second kappa shape index (κ2) is 17.3. The Morgan fingerprint density at radius 2 is 1.00 bits per heavy atom. The lowest BCUT2D eigenvalue weighted by atomic mass is 9.96. The van der Waals surface area contributed by atoms with Crippen LogP contribution in [0.5, 0.6) is 0 Å². The van der Waals surface area contributed by atoms with Crippen LogP contribution in [0.25, 0.3) is 0 Å². The summed E-state index contributed by atoms with van der Waals surface area (Å²) in [6, 6.07) is 0. The molecule has 2 rings (SSSR count). The first-order chi connectivity index (χ1) is 21.0. The van der Waals surface area contributed by atoms with Crippen LogP contribution in [0.15, 0.2) is 0 Å². The van der Waals surface area contributed by atoms with Gasteiger partial charge in [-0.05, 0) is 0 Å². The normalized spacial score (nSPS) is 31.0. The van der Waals surface area contributed by atoms with Crippen molar-refractivity contribution in [2.24, 2.45) is 0 Å². The van der Waals surface area contributed by atoms with Crippen LogP contribution in [-0.2, 0) is 80.9 Å². The Morgan fingerprint density at radius 1 is 0.556 bits per heavy atom. The van der Waals surface area contributed by atoms with Gasteiger partial charge in [-0.2, -0.15) is 0 Å². The largest absolute Gasteiger partial charge is 0.463 e. The Balaban J connectivity index is 2.66. The highest BCUT2D eigenvalue weighted by Crippen LogP contribution is 2.34. The maximum absolute atomic E-state index is 12.3. The second-order valence-electron chi connectivity index (χ2n) is 9.70. The van der Waals surface area contributed by atoms with E-state index in [0.29, 0.717) is 0 Å². The van der Waals surface area contributed by atoms with Crippen molar-refractivity contribution in [2.45, 2.75) is 103 Å². The number of carbonyl (C=O) groups is 7. The minimum Gasteiger partial charge on any atom is -0.463 e. The molecule has 1 N–H and O–H groups in total. The number of alkyl halides is 1. The topological polar surface area (TPSA) is 232 Å². The number of ether oxygens (including phenoxy) is 10. The molecular formula is C26H35BrO18. The molecule has 2 aliphatic heterocycles.